The molecule has 0 radical (unpaired) electrons. The summed E-state index contributed by atoms with van der Waals surface area (Å²) in [6, 6.07) is 5.26. The van der Waals surface area contributed by atoms with Gasteiger partial charge in [0.15, 0.2) is 5.13 Å². The molecule has 4 N–H and O–H groups in total. The Morgan fingerprint density at radius 1 is 1.05 bits per heavy atom. The highest BCUT2D eigenvalue weighted by atomic mass is 32.1. The number of carbonyl (C=O) groups excluding carboxylic acids is 3. The molecule has 4 fully saturated rings. The van der Waals surface area contributed by atoms with Gasteiger partial charge in [-0.1, -0.05) is 26.8 Å². The zero-order chi connectivity index (χ0) is 41.5. The monoisotopic (exact) mass is 818 g/mol. The van der Waals surface area contributed by atoms with Crippen LogP contribution in [0.25, 0.3) is 22.3 Å². The van der Waals surface area contributed by atoms with Crippen LogP contribution >= 0.6 is 11.3 Å². The Balaban J connectivity index is 1.19. The van der Waals surface area contributed by atoms with E-state index in [-0.39, 0.29) is 31.5 Å². The number of anilines is 1. The number of nitrogens with zero attached hydrogens (tertiary/aromatic N) is 3. The predicted molar refractivity (Wildman–Crippen MR) is 218 cm³/mol. The average molecular weight is 819 g/mol. The average Bonchev–Trinajstić information content (AvgIpc) is 3.83. The van der Waals surface area contributed by atoms with Crippen LogP contribution in [0.2, 0.25) is 0 Å². The summed E-state index contributed by atoms with van der Waals surface area (Å²) in [6.07, 6.45) is 2.98. The zero-order valence-corrected chi connectivity index (χ0v) is 34.7. The standard InChI is InChI=1S/C42H54N6O9S/c1-8-25-19-42(25,38(51)52)47-36(49)33-17-28(20-48(33)37(50)35(41(4,5)6)46-40(53)57-27-14-23-13-24(23)15-27)56-34-18-31(32-21-58-39(45-32)43-22(2)3)44-30-16-26(9-10-29(30)34)55-12-11-54-7/h8-10,16,18,21-25,27-28,33,35H,1,11-15,17,19-20H2,2-7H3,(H,43,45)(H,46,53)(H,47,49)(H,51,52)/t23-,24+,25-,27+,28-,33+,35-,42-/m1/s1. The molecule has 3 aliphatic carbocycles. The molecule has 312 valence electrons. The molecule has 0 unspecified atom stereocenters. The number of fused-ring (bicyclic) bond motifs is 2. The van der Waals surface area contributed by atoms with E-state index in [2.05, 4.69) is 22.5 Å². The zero-order valence-electron chi connectivity index (χ0n) is 33.9. The molecule has 3 amide bonds. The van der Waals surface area contributed by atoms with E-state index in [4.69, 9.17) is 28.9 Å². The van der Waals surface area contributed by atoms with Gasteiger partial charge in [-0.05, 0) is 68.9 Å². The maximum absolute atomic E-state index is 14.7. The van der Waals surface area contributed by atoms with E-state index < -0.39 is 58.9 Å². The number of carboxylic acid groups (broad SMARTS) is 1. The van der Waals surface area contributed by atoms with Gasteiger partial charge in [-0.3, -0.25) is 9.59 Å². The number of benzene rings is 1. The molecule has 16 heteroatoms. The number of pyridine rings is 1. The Hall–Kier alpha value is -4.96. The van der Waals surface area contributed by atoms with Crippen molar-refractivity contribution in [3.63, 3.8) is 0 Å². The lowest BCUT2D eigenvalue weighted by Gasteiger charge is -2.35. The molecular weight excluding hydrogens is 765 g/mol. The summed E-state index contributed by atoms with van der Waals surface area (Å²) in [7, 11) is 1.60. The van der Waals surface area contributed by atoms with E-state index in [9.17, 15) is 24.3 Å². The molecule has 58 heavy (non-hydrogen) atoms. The number of carbonyl (C=O) groups is 4. The first-order chi connectivity index (χ1) is 27.6. The number of methoxy groups -OCH3 is 1. The summed E-state index contributed by atoms with van der Waals surface area (Å²) in [5, 5.41) is 22.3. The minimum atomic E-state index is -1.52. The number of aromatic nitrogens is 2. The van der Waals surface area contributed by atoms with Gasteiger partial charge in [0.25, 0.3) is 0 Å². The molecule has 1 aliphatic heterocycles. The van der Waals surface area contributed by atoms with Gasteiger partial charge in [0.1, 0.15) is 53.6 Å². The lowest BCUT2D eigenvalue weighted by atomic mass is 9.85. The molecule has 0 bridgehead atoms. The highest BCUT2D eigenvalue weighted by Crippen LogP contribution is 2.52. The van der Waals surface area contributed by atoms with Crippen LogP contribution in [0.5, 0.6) is 11.5 Å². The van der Waals surface area contributed by atoms with Gasteiger partial charge in [-0.15, -0.1) is 17.9 Å². The number of hydrogen-bond donors (Lipinski definition) is 4. The van der Waals surface area contributed by atoms with Gasteiger partial charge in [0.05, 0.1) is 24.4 Å². The SMILES string of the molecule is C=C[C@@H]1C[C@]1(NC(=O)[C@@H]1C[C@@H](Oc2cc(-c3csc(NC(C)C)n3)nc3cc(OCCOC)ccc23)CN1C(=O)[C@@H](NC(=O)O[C@@H]1C[C@@H]2C[C@@H]2C1)C(C)(C)C)C(=O)O. The first-order valence-electron chi connectivity index (χ1n) is 20.0. The number of thiazole rings is 1. The maximum atomic E-state index is 14.7. The molecule has 1 saturated heterocycles. The number of amides is 3. The Morgan fingerprint density at radius 3 is 2.47 bits per heavy atom. The Kier molecular flexibility index (Phi) is 11.6. The van der Waals surface area contributed by atoms with Gasteiger partial charge < -0.3 is 44.9 Å². The van der Waals surface area contributed by atoms with Crippen molar-refractivity contribution in [3.05, 3.63) is 42.3 Å². The molecule has 3 heterocycles. The van der Waals surface area contributed by atoms with E-state index >= 15 is 0 Å². The molecule has 0 spiro atoms. The van der Waals surface area contributed by atoms with Gasteiger partial charge >= 0.3 is 12.1 Å². The normalized spacial score (nSPS) is 26.4. The fraction of sp³-hybridized carbons (Fsp3) is 0.571. The van der Waals surface area contributed by atoms with E-state index in [1.54, 1.807) is 13.2 Å². The number of aliphatic carboxylic acids is 1. The molecule has 3 aromatic rings. The predicted octanol–water partition coefficient (Wildman–Crippen LogP) is 5.64. The number of likely N-dealkylation sites (tertiary alicyclic amines) is 1. The number of carboxylic acids is 1. The molecule has 8 atom stereocenters. The molecule has 1 aromatic carbocycles. The van der Waals surface area contributed by atoms with Gasteiger partial charge in [0.2, 0.25) is 11.8 Å². The second-order valence-electron chi connectivity index (χ2n) is 17.4. The minimum absolute atomic E-state index is 0.0201. The van der Waals surface area contributed by atoms with E-state index in [0.717, 1.165) is 18.0 Å². The summed E-state index contributed by atoms with van der Waals surface area (Å²) in [4.78, 5) is 65.7. The lowest BCUT2D eigenvalue weighted by molar-refractivity contribution is -0.146. The van der Waals surface area contributed by atoms with Crippen molar-refractivity contribution in [1.29, 1.82) is 0 Å². The summed E-state index contributed by atoms with van der Waals surface area (Å²) in [5.74, 6) is -0.521. The second-order valence-corrected chi connectivity index (χ2v) is 18.2. The van der Waals surface area contributed by atoms with E-state index in [1.165, 1.54) is 28.7 Å². The van der Waals surface area contributed by atoms with Crippen LogP contribution in [0.1, 0.15) is 66.7 Å². The summed E-state index contributed by atoms with van der Waals surface area (Å²) >= 11 is 1.46. The van der Waals surface area contributed by atoms with Crippen LogP contribution in [0.3, 0.4) is 0 Å². The van der Waals surface area contributed by atoms with Crippen LogP contribution < -0.4 is 25.4 Å². The molecular formula is C42H54N6O9S. The van der Waals surface area contributed by atoms with Gasteiger partial charge in [0, 0.05) is 48.4 Å². The molecule has 4 aliphatic rings. The second kappa shape index (κ2) is 16.4. The smallest absolute Gasteiger partial charge is 0.408 e. The van der Waals surface area contributed by atoms with Crippen molar-refractivity contribution in [3.8, 4) is 22.9 Å². The number of hydrogen-bond acceptors (Lipinski definition) is 12. The lowest BCUT2D eigenvalue weighted by Crippen LogP contribution is -2.59. The molecule has 15 nitrogen and oxygen atoms in total. The van der Waals surface area contributed by atoms with Crippen molar-refractivity contribution in [1.82, 2.24) is 25.5 Å². The third-order valence-electron chi connectivity index (χ3n) is 11.5. The topological polar surface area (TPSA) is 191 Å². The Morgan fingerprint density at radius 2 is 1.81 bits per heavy atom. The van der Waals surface area contributed by atoms with Crippen molar-refractivity contribution in [2.24, 2.45) is 23.2 Å². The number of rotatable bonds is 16. The Bertz CT molecular complexity index is 2060. The summed E-state index contributed by atoms with van der Waals surface area (Å²) in [6.45, 7) is 14.0. The molecule has 7 rings (SSSR count). The first kappa shape index (κ1) is 41.2. The fourth-order valence-electron chi connectivity index (χ4n) is 8.19. The first-order valence-corrected chi connectivity index (χ1v) is 20.9. The Labute approximate surface area is 342 Å². The third-order valence-corrected chi connectivity index (χ3v) is 12.3. The maximum Gasteiger partial charge on any atom is 0.408 e. The number of nitrogens with one attached hydrogen (secondary N) is 3. The molecule has 2 aromatic heterocycles. The van der Waals surface area contributed by atoms with Crippen LogP contribution in [-0.4, -0.2) is 107 Å². The van der Waals surface area contributed by atoms with Crippen LogP contribution in [-0.2, 0) is 23.9 Å². The van der Waals surface area contributed by atoms with E-state index in [1.807, 2.05) is 58.2 Å². The van der Waals surface area contributed by atoms with Crippen molar-refractivity contribution >= 4 is 51.2 Å². The highest BCUT2D eigenvalue weighted by Gasteiger charge is 2.61. The third kappa shape index (κ3) is 8.87. The van der Waals surface area contributed by atoms with Gasteiger partial charge in [-0.2, -0.15) is 0 Å². The summed E-state index contributed by atoms with van der Waals surface area (Å²) in [5.41, 5.74) is -0.539. The van der Waals surface area contributed by atoms with Crippen LogP contribution in [0.15, 0.2) is 42.3 Å². The minimum Gasteiger partial charge on any atom is -0.491 e. The van der Waals surface area contributed by atoms with Crippen molar-refractivity contribution in [2.75, 3.05) is 32.2 Å². The van der Waals surface area contributed by atoms with Crippen molar-refractivity contribution in [2.45, 2.75) is 103 Å². The number of alkyl carbamates (subject to hydrolysis) is 1. The van der Waals surface area contributed by atoms with Gasteiger partial charge in [-0.25, -0.2) is 19.6 Å². The fourth-order valence-corrected chi connectivity index (χ4v) is 9.04. The molecule has 3 saturated carbocycles. The number of ether oxygens (including phenoxy) is 4. The largest absolute Gasteiger partial charge is 0.491 e. The summed E-state index contributed by atoms with van der Waals surface area (Å²) < 4.78 is 23.6. The van der Waals surface area contributed by atoms with Crippen LogP contribution in [0, 0.1) is 23.2 Å². The van der Waals surface area contributed by atoms with E-state index in [0.29, 0.717) is 58.8 Å². The quantitative estimate of drug-likeness (QED) is 0.103. The van der Waals surface area contributed by atoms with Crippen molar-refractivity contribution < 1.29 is 43.2 Å². The van der Waals surface area contributed by atoms with Crippen LogP contribution in [0.4, 0.5) is 9.93 Å². The highest BCUT2D eigenvalue weighted by molar-refractivity contribution is 7.14.